The van der Waals surface area contributed by atoms with Gasteiger partial charge in [-0.1, -0.05) is 24.3 Å². The van der Waals surface area contributed by atoms with Gasteiger partial charge in [-0.15, -0.1) is 0 Å². The van der Waals surface area contributed by atoms with E-state index in [4.69, 9.17) is 4.42 Å². The van der Waals surface area contributed by atoms with Crippen LogP contribution >= 0.6 is 0 Å². The molecule has 108 valence electrons. The summed E-state index contributed by atoms with van der Waals surface area (Å²) in [6, 6.07) is 13.2. The summed E-state index contributed by atoms with van der Waals surface area (Å²) in [4.78, 5) is 4.30. The van der Waals surface area contributed by atoms with Gasteiger partial charge in [0.05, 0.1) is 12.8 Å². The van der Waals surface area contributed by atoms with Crippen LogP contribution in [0.1, 0.15) is 22.8 Å². The van der Waals surface area contributed by atoms with Crippen molar-refractivity contribution in [2.24, 2.45) is 10.9 Å². The molecule has 0 amide bonds. The van der Waals surface area contributed by atoms with E-state index in [9.17, 15) is 0 Å². The topological polar surface area (TPSA) is 49.6 Å². The van der Waals surface area contributed by atoms with Gasteiger partial charge in [-0.05, 0) is 35.6 Å². The van der Waals surface area contributed by atoms with Crippen molar-refractivity contribution in [1.29, 1.82) is 0 Å². The van der Waals surface area contributed by atoms with E-state index in [2.05, 4.69) is 39.9 Å². The number of rotatable bonds is 3. The molecule has 21 heavy (non-hydrogen) atoms. The summed E-state index contributed by atoms with van der Waals surface area (Å²) >= 11 is 0. The average Bonchev–Trinajstić information content (AvgIpc) is 2.91. The van der Waals surface area contributed by atoms with Crippen molar-refractivity contribution in [2.45, 2.75) is 24.9 Å². The Kier molecular flexibility index (Phi) is 2.95. The van der Waals surface area contributed by atoms with Gasteiger partial charge in [0.25, 0.3) is 0 Å². The Balaban J connectivity index is 1.37. The Bertz CT molecular complexity index is 662. The highest BCUT2D eigenvalue weighted by Gasteiger charge is 2.55. The first-order valence-electron chi connectivity index (χ1n) is 7.44. The minimum atomic E-state index is 0.516. The molecule has 0 bridgehead atoms. The Morgan fingerprint density at radius 2 is 2.19 bits per heavy atom. The fourth-order valence-corrected chi connectivity index (χ4v) is 3.48. The van der Waals surface area contributed by atoms with Gasteiger partial charge >= 0.3 is 0 Å². The number of fused-ring (bicyclic) bond motifs is 3. The van der Waals surface area contributed by atoms with E-state index < -0.39 is 0 Å². The molecule has 0 radical (unpaired) electrons. The highest BCUT2D eigenvalue weighted by Crippen LogP contribution is 2.56. The molecule has 4 nitrogen and oxygen atoms in total. The molecule has 4 rings (SSSR count). The van der Waals surface area contributed by atoms with Crippen LogP contribution in [0.4, 0.5) is 0 Å². The van der Waals surface area contributed by atoms with E-state index in [0.29, 0.717) is 18.5 Å². The van der Waals surface area contributed by atoms with Crippen molar-refractivity contribution in [3.63, 3.8) is 0 Å². The molecule has 2 N–H and O–H groups in total. The van der Waals surface area contributed by atoms with Gasteiger partial charge in [0.1, 0.15) is 5.76 Å². The van der Waals surface area contributed by atoms with Gasteiger partial charge in [0.2, 0.25) is 0 Å². The fourth-order valence-electron chi connectivity index (χ4n) is 3.48. The number of hydrogen-bond donors (Lipinski definition) is 2. The molecule has 0 spiro atoms. The molecule has 2 aliphatic rings. The molecule has 1 fully saturated rings. The van der Waals surface area contributed by atoms with Crippen LogP contribution in [0.3, 0.4) is 0 Å². The van der Waals surface area contributed by atoms with Gasteiger partial charge in [0.15, 0.2) is 5.96 Å². The molecule has 2 aromatic rings. The molecular formula is C17H19N3O. The number of nitrogens with zero attached hydrogens (tertiary/aromatic N) is 1. The van der Waals surface area contributed by atoms with Gasteiger partial charge in [0, 0.05) is 19.0 Å². The number of nitrogens with one attached hydrogen (secondary N) is 2. The monoisotopic (exact) mass is 281 g/mol. The lowest BCUT2D eigenvalue weighted by molar-refractivity contribution is 0.501. The Hall–Kier alpha value is -2.23. The summed E-state index contributed by atoms with van der Waals surface area (Å²) in [5.41, 5.74) is 3.03. The molecule has 1 aromatic heterocycles. The van der Waals surface area contributed by atoms with Crippen LogP contribution < -0.4 is 10.6 Å². The Labute approximate surface area is 124 Å². The quantitative estimate of drug-likeness (QED) is 0.670. The second-order valence-electron chi connectivity index (χ2n) is 5.77. The summed E-state index contributed by atoms with van der Waals surface area (Å²) in [7, 11) is 1.81. The third kappa shape index (κ3) is 2.20. The third-order valence-electron chi connectivity index (χ3n) is 4.58. The SMILES string of the molecule is CN=C(NCc1ccco1)N[C@@H]1[C@@H]2Cc3ccccc3[C@@H]21. The zero-order valence-electron chi connectivity index (χ0n) is 12.0. The van der Waals surface area contributed by atoms with Crippen molar-refractivity contribution in [3.8, 4) is 0 Å². The highest BCUT2D eigenvalue weighted by molar-refractivity contribution is 5.80. The van der Waals surface area contributed by atoms with Crippen molar-refractivity contribution in [1.82, 2.24) is 10.6 Å². The maximum Gasteiger partial charge on any atom is 0.191 e. The first kappa shape index (κ1) is 12.5. The normalized spacial score (nSPS) is 26.1. The molecule has 1 heterocycles. The smallest absolute Gasteiger partial charge is 0.191 e. The maximum absolute atomic E-state index is 5.32. The van der Waals surface area contributed by atoms with E-state index in [1.165, 1.54) is 17.5 Å². The van der Waals surface area contributed by atoms with Crippen LogP contribution in [-0.2, 0) is 13.0 Å². The van der Waals surface area contributed by atoms with Crippen LogP contribution in [0.5, 0.6) is 0 Å². The average molecular weight is 281 g/mol. The lowest BCUT2D eigenvalue weighted by Crippen LogP contribution is -2.39. The van der Waals surface area contributed by atoms with E-state index >= 15 is 0 Å². The number of hydrogen-bond acceptors (Lipinski definition) is 2. The first-order valence-corrected chi connectivity index (χ1v) is 7.44. The molecule has 3 atom stereocenters. The standard InChI is InChI=1S/C17H19N3O/c1-18-17(19-10-12-6-4-8-21-12)20-16-14-9-11-5-2-3-7-13(11)15(14)16/h2-8,14-16H,9-10H2,1H3,(H2,18,19,20)/t14-,15+,16-/m1/s1. The second kappa shape index (κ2) is 4.95. The van der Waals surface area contributed by atoms with Crippen molar-refractivity contribution >= 4 is 5.96 Å². The lowest BCUT2D eigenvalue weighted by atomic mass is 10.1. The summed E-state index contributed by atoms with van der Waals surface area (Å²) in [5.74, 6) is 3.15. The largest absolute Gasteiger partial charge is 0.467 e. The zero-order valence-corrected chi connectivity index (χ0v) is 12.0. The van der Waals surface area contributed by atoms with Crippen LogP contribution in [0.2, 0.25) is 0 Å². The van der Waals surface area contributed by atoms with Crippen LogP contribution in [0.25, 0.3) is 0 Å². The lowest BCUT2D eigenvalue weighted by Gasteiger charge is -2.13. The second-order valence-corrected chi connectivity index (χ2v) is 5.77. The summed E-state index contributed by atoms with van der Waals surface area (Å²) in [5, 5.41) is 6.84. The molecular weight excluding hydrogens is 262 g/mol. The Morgan fingerprint density at radius 1 is 1.29 bits per heavy atom. The Morgan fingerprint density at radius 3 is 3.00 bits per heavy atom. The van der Waals surface area contributed by atoms with Crippen LogP contribution in [0.15, 0.2) is 52.1 Å². The van der Waals surface area contributed by atoms with Crippen molar-refractivity contribution in [2.75, 3.05) is 7.05 Å². The number of furan rings is 1. The van der Waals surface area contributed by atoms with Crippen molar-refractivity contribution in [3.05, 3.63) is 59.5 Å². The van der Waals surface area contributed by atoms with E-state index in [1.807, 2.05) is 19.2 Å². The molecule has 0 aliphatic heterocycles. The number of guanidine groups is 1. The van der Waals surface area contributed by atoms with Crippen LogP contribution in [0, 0.1) is 5.92 Å². The van der Waals surface area contributed by atoms with Gasteiger partial charge in [-0.3, -0.25) is 4.99 Å². The molecule has 0 saturated heterocycles. The van der Waals surface area contributed by atoms with E-state index in [-0.39, 0.29) is 0 Å². The summed E-state index contributed by atoms with van der Waals surface area (Å²) < 4.78 is 5.32. The highest BCUT2D eigenvalue weighted by atomic mass is 16.3. The predicted octanol–water partition coefficient (Wildman–Crippen LogP) is 2.28. The first-order chi connectivity index (χ1) is 10.4. The van der Waals surface area contributed by atoms with Crippen LogP contribution in [-0.4, -0.2) is 19.0 Å². The van der Waals surface area contributed by atoms with E-state index in [0.717, 1.165) is 17.6 Å². The van der Waals surface area contributed by atoms with E-state index in [1.54, 1.807) is 6.26 Å². The molecule has 1 aromatic carbocycles. The van der Waals surface area contributed by atoms with Gasteiger partial charge in [-0.25, -0.2) is 0 Å². The van der Waals surface area contributed by atoms with Gasteiger partial charge in [-0.2, -0.15) is 0 Å². The summed E-state index contributed by atoms with van der Waals surface area (Å²) in [6.07, 6.45) is 2.88. The number of benzene rings is 1. The predicted molar refractivity (Wildman–Crippen MR) is 82.2 cm³/mol. The maximum atomic E-state index is 5.32. The minimum Gasteiger partial charge on any atom is -0.467 e. The molecule has 0 unspecified atom stereocenters. The molecule has 4 heteroatoms. The fraction of sp³-hybridized carbons (Fsp3) is 0.353. The van der Waals surface area contributed by atoms with Gasteiger partial charge < -0.3 is 15.1 Å². The van der Waals surface area contributed by atoms with Crippen molar-refractivity contribution < 1.29 is 4.42 Å². The summed E-state index contributed by atoms with van der Waals surface area (Å²) in [6.45, 7) is 0.658. The minimum absolute atomic E-state index is 0.516. The zero-order chi connectivity index (χ0) is 14.2. The number of aliphatic imine (C=N–C) groups is 1. The third-order valence-corrected chi connectivity index (χ3v) is 4.58. The molecule has 1 saturated carbocycles. The molecule has 2 aliphatic carbocycles.